The van der Waals surface area contributed by atoms with Crippen LogP contribution < -0.4 is 15.4 Å². The molecule has 0 saturated heterocycles. The maximum Gasteiger partial charge on any atom is 0.274 e. The fourth-order valence-corrected chi connectivity index (χ4v) is 3.13. The zero-order valence-corrected chi connectivity index (χ0v) is 16.5. The summed E-state index contributed by atoms with van der Waals surface area (Å²) in [6, 6.07) is 19.0. The maximum absolute atomic E-state index is 12.7. The van der Waals surface area contributed by atoms with E-state index in [2.05, 4.69) is 25.6 Å². The number of pyridine rings is 1. The van der Waals surface area contributed by atoms with E-state index in [1.165, 1.54) is 6.33 Å². The largest absolute Gasteiger partial charge is 0.497 e. The number of hydrogen-bond donors (Lipinski definition) is 2. The van der Waals surface area contributed by atoms with Crippen molar-refractivity contribution < 1.29 is 9.53 Å². The number of fused-ring (bicyclic) bond motifs is 1. The summed E-state index contributed by atoms with van der Waals surface area (Å²) < 4.78 is 5.25. The molecule has 0 atom stereocenters. The average Bonchev–Trinajstić information content (AvgIpc) is 2.80. The third kappa shape index (κ3) is 4.52. The predicted octanol–water partition coefficient (Wildman–Crippen LogP) is 3.94. The van der Waals surface area contributed by atoms with Crippen molar-refractivity contribution in [2.24, 2.45) is 0 Å². The molecule has 30 heavy (non-hydrogen) atoms. The first-order chi connectivity index (χ1) is 14.7. The number of rotatable bonds is 7. The van der Waals surface area contributed by atoms with Crippen LogP contribution in [0.15, 0.2) is 73.2 Å². The van der Waals surface area contributed by atoms with Gasteiger partial charge in [-0.25, -0.2) is 9.97 Å². The molecule has 2 aromatic carbocycles. The van der Waals surface area contributed by atoms with E-state index in [1.54, 1.807) is 19.4 Å². The van der Waals surface area contributed by atoms with Crippen molar-refractivity contribution in [1.29, 1.82) is 0 Å². The molecule has 4 aromatic rings. The van der Waals surface area contributed by atoms with Gasteiger partial charge in [0.25, 0.3) is 5.91 Å². The van der Waals surface area contributed by atoms with Crippen LogP contribution in [0.4, 0.5) is 11.5 Å². The zero-order valence-electron chi connectivity index (χ0n) is 16.5. The molecule has 0 unspecified atom stereocenters. The van der Waals surface area contributed by atoms with Gasteiger partial charge >= 0.3 is 0 Å². The number of anilines is 2. The number of carbonyl (C=O) groups is 1. The molecule has 150 valence electrons. The second kappa shape index (κ2) is 9.00. The summed E-state index contributed by atoms with van der Waals surface area (Å²) >= 11 is 0. The van der Waals surface area contributed by atoms with E-state index in [0.29, 0.717) is 18.1 Å². The number of aromatic nitrogens is 3. The number of carbonyl (C=O) groups excluding carboxylic acids is 1. The highest BCUT2D eigenvalue weighted by atomic mass is 16.5. The number of amides is 1. The summed E-state index contributed by atoms with van der Waals surface area (Å²) in [4.78, 5) is 25.4. The van der Waals surface area contributed by atoms with Crippen molar-refractivity contribution in [3.63, 3.8) is 0 Å². The summed E-state index contributed by atoms with van der Waals surface area (Å²) in [7, 11) is 1.65. The van der Waals surface area contributed by atoms with Gasteiger partial charge in [-0.1, -0.05) is 30.3 Å². The highest BCUT2D eigenvalue weighted by molar-refractivity contribution is 6.07. The molecule has 0 spiro atoms. The topological polar surface area (TPSA) is 89.0 Å². The summed E-state index contributed by atoms with van der Waals surface area (Å²) in [6.45, 7) is 0.665. The predicted molar refractivity (Wildman–Crippen MR) is 117 cm³/mol. The van der Waals surface area contributed by atoms with Crippen LogP contribution in [0.25, 0.3) is 10.9 Å². The highest BCUT2D eigenvalue weighted by Gasteiger charge is 2.11. The van der Waals surface area contributed by atoms with Gasteiger partial charge in [-0.05, 0) is 36.2 Å². The van der Waals surface area contributed by atoms with Crippen molar-refractivity contribution in [3.8, 4) is 5.75 Å². The standard InChI is InChI=1S/C23H21N5O2/c1-30-18-8-2-5-16(13-18)10-12-24-21-14-20(26-15-27-21)23(29)28-19-9-3-6-17-7-4-11-25-22(17)19/h2-9,11,13-15H,10,12H2,1H3,(H,28,29)(H,24,26,27). The van der Waals surface area contributed by atoms with E-state index in [9.17, 15) is 4.79 Å². The van der Waals surface area contributed by atoms with Gasteiger partial charge in [-0.2, -0.15) is 0 Å². The van der Waals surface area contributed by atoms with E-state index in [-0.39, 0.29) is 11.6 Å². The number of benzene rings is 2. The van der Waals surface area contributed by atoms with Crippen molar-refractivity contribution in [1.82, 2.24) is 15.0 Å². The Kier molecular flexibility index (Phi) is 5.80. The molecule has 1 amide bonds. The molecular weight excluding hydrogens is 378 g/mol. The Hall–Kier alpha value is -4.00. The number of nitrogens with zero attached hydrogens (tertiary/aromatic N) is 3. The lowest BCUT2D eigenvalue weighted by Gasteiger charge is -2.09. The van der Waals surface area contributed by atoms with Crippen LogP contribution in [-0.4, -0.2) is 34.5 Å². The molecule has 0 radical (unpaired) electrons. The molecule has 2 N–H and O–H groups in total. The van der Waals surface area contributed by atoms with Crippen LogP contribution >= 0.6 is 0 Å². The highest BCUT2D eigenvalue weighted by Crippen LogP contribution is 2.21. The Balaban J connectivity index is 1.41. The second-order valence-corrected chi connectivity index (χ2v) is 6.65. The molecule has 0 aliphatic heterocycles. The van der Waals surface area contributed by atoms with Gasteiger partial charge in [0.05, 0.1) is 18.3 Å². The fraction of sp³-hybridized carbons (Fsp3) is 0.130. The lowest BCUT2D eigenvalue weighted by Crippen LogP contribution is -2.15. The van der Waals surface area contributed by atoms with Gasteiger partial charge in [-0.15, -0.1) is 0 Å². The molecule has 2 heterocycles. The first-order valence-electron chi connectivity index (χ1n) is 9.57. The van der Waals surface area contributed by atoms with Gasteiger partial charge in [0, 0.05) is 24.2 Å². The van der Waals surface area contributed by atoms with E-state index in [1.807, 2.05) is 54.6 Å². The van der Waals surface area contributed by atoms with Crippen LogP contribution in [0.3, 0.4) is 0 Å². The normalized spacial score (nSPS) is 10.6. The molecule has 4 rings (SSSR count). The van der Waals surface area contributed by atoms with Crippen molar-refractivity contribution in [3.05, 3.63) is 84.4 Å². The monoisotopic (exact) mass is 399 g/mol. The average molecular weight is 399 g/mol. The third-order valence-corrected chi connectivity index (χ3v) is 4.63. The van der Waals surface area contributed by atoms with E-state index >= 15 is 0 Å². The number of methoxy groups -OCH3 is 1. The van der Waals surface area contributed by atoms with Gasteiger partial charge in [0.15, 0.2) is 0 Å². The summed E-state index contributed by atoms with van der Waals surface area (Å²) in [5, 5.41) is 7.08. The third-order valence-electron chi connectivity index (χ3n) is 4.63. The second-order valence-electron chi connectivity index (χ2n) is 6.65. The van der Waals surface area contributed by atoms with Crippen LogP contribution in [0.5, 0.6) is 5.75 Å². The minimum absolute atomic E-state index is 0.279. The van der Waals surface area contributed by atoms with Gasteiger partial charge < -0.3 is 15.4 Å². The molecular formula is C23H21N5O2. The van der Waals surface area contributed by atoms with E-state index < -0.39 is 0 Å². The number of hydrogen-bond acceptors (Lipinski definition) is 6. The Labute approximate surface area is 174 Å². The zero-order chi connectivity index (χ0) is 20.8. The Morgan fingerprint density at radius 3 is 2.77 bits per heavy atom. The maximum atomic E-state index is 12.7. The van der Waals surface area contributed by atoms with Crippen molar-refractivity contribution >= 4 is 28.3 Å². The molecule has 7 nitrogen and oxygen atoms in total. The quantitative estimate of drug-likeness (QED) is 0.489. The fourth-order valence-electron chi connectivity index (χ4n) is 3.13. The lowest BCUT2D eigenvalue weighted by atomic mass is 10.1. The molecule has 0 saturated carbocycles. The minimum atomic E-state index is -0.314. The molecule has 0 bridgehead atoms. The van der Waals surface area contributed by atoms with Crippen LogP contribution in [0, 0.1) is 0 Å². The van der Waals surface area contributed by atoms with Gasteiger partial charge in [0.1, 0.15) is 23.6 Å². The molecule has 0 aliphatic carbocycles. The van der Waals surface area contributed by atoms with Crippen LogP contribution in [0.1, 0.15) is 16.1 Å². The van der Waals surface area contributed by atoms with E-state index in [4.69, 9.17) is 4.74 Å². The van der Waals surface area contributed by atoms with Crippen LogP contribution in [-0.2, 0) is 6.42 Å². The molecule has 7 heteroatoms. The molecule has 2 aromatic heterocycles. The Morgan fingerprint density at radius 1 is 1.00 bits per heavy atom. The van der Waals surface area contributed by atoms with Crippen molar-refractivity contribution in [2.45, 2.75) is 6.42 Å². The summed E-state index contributed by atoms with van der Waals surface area (Å²) in [5.41, 5.74) is 2.81. The number of para-hydroxylation sites is 1. The summed E-state index contributed by atoms with van der Waals surface area (Å²) in [5.74, 6) is 1.11. The molecule has 0 fully saturated rings. The molecule has 0 aliphatic rings. The first-order valence-corrected chi connectivity index (χ1v) is 9.57. The Bertz CT molecular complexity index is 1170. The lowest BCUT2D eigenvalue weighted by molar-refractivity contribution is 0.102. The first kappa shape index (κ1) is 19.3. The van der Waals surface area contributed by atoms with Crippen molar-refractivity contribution in [2.75, 3.05) is 24.3 Å². The summed E-state index contributed by atoms with van der Waals surface area (Å²) in [6.07, 6.45) is 3.88. The smallest absolute Gasteiger partial charge is 0.274 e. The number of ether oxygens (including phenoxy) is 1. The van der Waals surface area contributed by atoms with E-state index in [0.717, 1.165) is 28.6 Å². The van der Waals surface area contributed by atoms with Gasteiger partial charge in [-0.3, -0.25) is 9.78 Å². The SMILES string of the molecule is COc1cccc(CCNc2cc(C(=O)Nc3cccc4cccnc34)ncn2)c1. The number of nitrogens with one attached hydrogen (secondary N) is 2. The van der Waals surface area contributed by atoms with Gasteiger partial charge in [0.2, 0.25) is 0 Å². The minimum Gasteiger partial charge on any atom is -0.497 e. The Morgan fingerprint density at radius 2 is 1.87 bits per heavy atom. The van der Waals surface area contributed by atoms with Crippen LogP contribution in [0.2, 0.25) is 0 Å².